The Morgan fingerprint density at radius 3 is 2.77 bits per heavy atom. The van der Waals surface area contributed by atoms with Gasteiger partial charge in [-0.05, 0) is 25.8 Å². The first-order valence-corrected chi connectivity index (χ1v) is 7.60. The number of guanidine groups is 1. The van der Waals surface area contributed by atoms with Gasteiger partial charge in [0.25, 0.3) is 0 Å². The lowest BCUT2D eigenvalue weighted by atomic mass is 10.3. The van der Waals surface area contributed by atoms with Gasteiger partial charge in [-0.3, -0.25) is 9.67 Å². The molecule has 2 N–H and O–H groups in total. The summed E-state index contributed by atoms with van der Waals surface area (Å²) < 4.78 is 4.03. The predicted molar refractivity (Wildman–Crippen MR) is 87.6 cm³/mol. The second kappa shape index (κ2) is 8.21. The molecule has 0 fully saturated rings. The van der Waals surface area contributed by atoms with E-state index in [1.54, 1.807) is 13.2 Å². The zero-order valence-electron chi connectivity index (χ0n) is 13.6. The minimum atomic E-state index is 0.713. The maximum atomic E-state index is 4.23. The fraction of sp³-hybridized carbons (Fsp3) is 0.533. The number of imidazole rings is 1. The van der Waals surface area contributed by atoms with Crippen molar-refractivity contribution in [1.29, 1.82) is 0 Å². The monoisotopic (exact) mass is 303 g/mol. The number of hydrogen-bond acceptors (Lipinski definition) is 3. The minimum absolute atomic E-state index is 0.713. The molecular weight excluding hydrogens is 278 g/mol. The zero-order valence-corrected chi connectivity index (χ0v) is 13.6. The molecule has 7 nitrogen and oxygen atoms in total. The third kappa shape index (κ3) is 4.61. The van der Waals surface area contributed by atoms with E-state index in [2.05, 4.69) is 30.3 Å². The normalized spacial score (nSPS) is 11.7. The Labute approximate surface area is 131 Å². The van der Waals surface area contributed by atoms with Gasteiger partial charge in [-0.25, -0.2) is 4.98 Å². The number of aryl methyl sites for hydroxylation is 3. The highest BCUT2D eigenvalue weighted by molar-refractivity contribution is 5.79. The second-order valence-electron chi connectivity index (χ2n) is 5.17. The quantitative estimate of drug-likeness (QED) is 0.456. The molecule has 0 aliphatic heterocycles. The Bertz CT molecular complexity index is 597. The van der Waals surface area contributed by atoms with E-state index in [9.17, 15) is 0 Å². The van der Waals surface area contributed by atoms with Crippen molar-refractivity contribution in [3.63, 3.8) is 0 Å². The maximum absolute atomic E-state index is 4.23. The van der Waals surface area contributed by atoms with Crippen molar-refractivity contribution in [3.8, 4) is 0 Å². The molecule has 0 aliphatic rings. The van der Waals surface area contributed by atoms with Gasteiger partial charge in [0.15, 0.2) is 5.96 Å². The van der Waals surface area contributed by atoms with E-state index in [1.807, 2.05) is 37.1 Å². The Kier molecular flexibility index (Phi) is 6.00. The van der Waals surface area contributed by atoms with Gasteiger partial charge in [0.2, 0.25) is 0 Å². The summed E-state index contributed by atoms with van der Waals surface area (Å²) in [6.07, 6.45) is 7.87. The molecule has 2 heterocycles. The lowest BCUT2D eigenvalue weighted by molar-refractivity contribution is 0.587. The summed E-state index contributed by atoms with van der Waals surface area (Å²) in [6.45, 7) is 4.65. The van der Waals surface area contributed by atoms with Gasteiger partial charge in [0.05, 0.1) is 12.2 Å². The molecule has 120 valence electrons. The molecule has 0 aromatic carbocycles. The van der Waals surface area contributed by atoms with Crippen LogP contribution in [0.5, 0.6) is 0 Å². The summed E-state index contributed by atoms with van der Waals surface area (Å²) in [4.78, 5) is 8.45. The summed E-state index contributed by atoms with van der Waals surface area (Å²) in [7, 11) is 3.72. The van der Waals surface area contributed by atoms with Crippen LogP contribution in [0.25, 0.3) is 0 Å². The van der Waals surface area contributed by atoms with Gasteiger partial charge < -0.3 is 15.2 Å². The summed E-state index contributed by atoms with van der Waals surface area (Å²) in [5.74, 6) is 1.89. The SMILES string of the molecule is CN=C(NCCCCn1ccnc1C)NCc1ccnn1C. The Balaban J connectivity index is 1.62. The third-order valence-electron chi connectivity index (χ3n) is 3.62. The molecule has 0 bridgehead atoms. The maximum Gasteiger partial charge on any atom is 0.191 e. The smallest absolute Gasteiger partial charge is 0.191 e. The summed E-state index contributed by atoms with van der Waals surface area (Å²) >= 11 is 0. The van der Waals surface area contributed by atoms with Crippen molar-refractivity contribution in [1.82, 2.24) is 30.0 Å². The van der Waals surface area contributed by atoms with Gasteiger partial charge in [-0.15, -0.1) is 0 Å². The van der Waals surface area contributed by atoms with E-state index >= 15 is 0 Å². The zero-order chi connectivity index (χ0) is 15.8. The van der Waals surface area contributed by atoms with E-state index in [0.717, 1.165) is 43.4 Å². The second-order valence-corrected chi connectivity index (χ2v) is 5.17. The highest BCUT2D eigenvalue weighted by Gasteiger charge is 2.01. The van der Waals surface area contributed by atoms with Crippen LogP contribution in [0.4, 0.5) is 0 Å². The third-order valence-corrected chi connectivity index (χ3v) is 3.62. The number of unbranched alkanes of at least 4 members (excludes halogenated alkanes) is 1. The van der Waals surface area contributed by atoms with Crippen molar-refractivity contribution in [2.24, 2.45) is 12.0 Å². The van der Waals surface area contributed by atoms with E-state index in [0.29, 0.717) is 6.54 Å². The topological polar surface area (TPSA) is 72.1 Å². The molecule has 0 aliphatic carbocycles. The summed E-state index contributed by atoms with van der Waals surface area (Å²) in [5.41, 5.74) is 1.12. The fourth-order valence-corrected chi connectivity index (χ4v) is 2.22. The number of nitrogens with zero attached hydrogens (tertiary/aromatic N) is 5. The molecule has 2 aromatic rings. The molecule has 0 radical (unpaired) electrons. The van der Waals surface area contributed by atoms with Crippen LogP contribution in [-0.2, 0) is 20.1 Å². The van der Waals surface area contributed by atoms with Gasteiger partial charge in [0, 0.05) is 45.8 Å². The van der Waals surface area contributed by atoms with Crippen LogP contribution in [0.2, 0.25) is 0 Å². The van der Waals surface area contributed by atoms with Crippen LogP contribution in [-0.4, -0.2) is 38.9 Å². The molecule has 0 unspecified atom stereocenters. The molecule has 0 saturated carbocycles. The largest absolute Gasteiger partial charge is 0.356 e. The molecule has 2 rings (SSSR count). The van der Waals surface area contributed by atoms with Crippen molar-refractivity contribution in [2.45, 2.75) is 32.9 Å². The van der Waals surface area contributed by atoms with Crippen LogP contribution in [0.15, 0.2) is 29.6 Å². The summed E-state index contributed by atoms with van der Waals surface area (Å²) in [6, 6.07) is 1.99. The standard InChI is InChI=1S/C15H25N7/c1-13-17-9-11-22(13)10-5-4-7-18-15(16-2)19-12-14-6-8-20-21(14)3/h6,8-9,11H,4-5,7,10,12H2,1-3H3,(H2,16,18,19). The van der Waals surface area contributed by atoms with Crippen molar-refractivity contribution in [3.05, 3.63) is 36.2 Å². The van der Waals surface area contributed by atoms with Crippen LogP contribution in [0.3, 0.4) is 0 Å². The average molecular weight is 303 g/mol. The minimum Gasteiger partial charge on any atom is -0.356 e. The number of rotatable bonds is 7. The van der Waals surface area contributed by atoms with E-state index < -0.39 is 0 Å². The number of nitrogens with one attached hydrogen (secondary N) is 2. The molecule has 0 amide bonds. The van der Waals surface area contributed by atoms with Gasteiger partial charge in [-0.2, -0.15) is 5.10 Å². The molecule has 0 spiro atoms. The lowest BCUT2D eigenvalue weighted by Gasteiger charge is -2.12. The first kappa shape index (κ1) is 16.1. The fourth-order valence-electron chi connectivity index (χ4n) is 2.22. The van der Waals surface area contributed by atoms with Crippen molar-refractivity contribution in [2.75, 3.05) is 13.6 Å². The van der Waals surface area contributed by atoms with Crippen molar-refractivity contribution < 1.29 is 0 Å². The van der Waals surface area contributed by atoms with Crippen LogP contribution in [0, 0.1) is 6.92 Å². The predicted octanol–water partition coefficient (Wildman–Crippen LogP) is 1.07. The first-order valence-electron chi connectivity index (χ1n) is 7.60. The van der Waals surface area contributed by atoms with Gasteiger partial charge in [-0.1, -0.05) is 0 Å². The van der Waals surface area contributed by atoms with Crippen LogP contribution in [0.1, 0.15) is 24.4 Å². The number of aromatic nitrogens is 4. The first-order chi connectivity index (χ1) is 10.7. The molecular formula is C15H25N7. The Morgan fingerprint density at radius 1 is 1.27 bits per heavy atom. The van der Waals surface area contributed by atoms with E-state index in [4.69, 9.17) is 0 Å². The van der Waals surface area contributed by atoms with E-state index in [-0.39, 0.29) is 0 Å². The van der Waals surface area contributed by atoms with Crippen LogP contribution < -0.4 is 10.6 Å². The van der Waals surface area contributed by atoms with E-state index in [1.165, 1.54) is 0 Å². The number of aliphatic imine (C=N–C) groups is 1. The summed E-state index contributed by atoms with van der Waals surface area (Å²) in [5, 5.41) is 10.8. The molecule has 2 aromatic heterocycles. The lowest BCUT2D eigenvalue weighted by Crippen LogP contribution is -2.37. The Hall–Kier alpha value is -2.31. The van der Waals surface area contributed by atoms with Crippen molar-refractivity contribution >= 4 is 5.96 Å². The Morgan fingerprint density at radius 2 is 2.14 bits per heavy atom. The molecule has 0 atom stereocenters. The molecule has 7 heteroatoms. The molecule has 0 saturated heterocycles. The van der Waals surface area contributed by atoms with Crippen LogP contribution >= 0.6 is 0 Å². The molecule has 22 heavy (non-hydrogen) atoms. The van der Waals surface area contributed by atoms with Gasteiger partial charge in [0.1, 0.15) is 5.82 Å². The average Bonchev–Trinajstić information content (AvgIpc) is 3.11. The number of hydrogen-bond donors (Lipinski definition) is 2. The van der Waals surface area contributed by atoms with Gasteiger partial charge >= 0.3 is 0 Å². The highest BCUT2D eigenvalue weighted by atomic mass is 15.3. The highest BCUT2D eigenvalue weighted by Crippen LogP contribution is 1.99.